The number of nitrogens with one attached hydrogen (secondary N) is 1. The Kier molecular flexibility index (Phi) is 4.10. The molecule has 4 aromatic rings. The number of carbonyl (C=O) groups excluding carboxylic acids is 1. The summed E-state index contributed by atoms with van der Waals surface area (Å²) in [6, 6.07) is 14.3. The highest BCUT2D eigenvalue weighted by Crippen LogP contribution is 2.25. The van der Waals surface area contributed by atoms with Crippen molar-refractivity contribution in [1.82, 2.24) is 14.4 Å². The van der Waals surface area contributed by atoms with E-state index in [1.807, 2.05) is 0 Å². The molecule has 0 radical (unpaired) electrons. The Balaban J connectivity index is 1.81. The summed E-state index contributed by atoms with van der Waals surface area (Å²) in [5.41, 5.74) is 1.96. The van der Waals surface area contributed by atoms with Gasteiger partial charge in [0.1, 0.15) is 17.2 Å². The fourth-order valence-corrected chi connectivity index (χ4v) is 2.76. The van der Waals surface area contributed by atoms with Crippen molar-refractivity contribution in [3.8, 4) is 11.3 Å². The Morgan fingerprint density at radius 2 is 1.81 bits per heavy atom. The molecule has 0 aliphatic heterocycles. The van der Waals surface area contributed by atoms with Crippen LogP contribution in [0.1, 0.15) is 10.5 Å². The van der Waals surface area contributed by atoms with Crippen LogP contribution in [-0.4, -0.2) is 20.3 Å². The van der Waals surface area contributed by atoms with Gasteiger partial charge in [0.2, 0.25) is 5.78 Å². The fraction of sp³-hybridized carbons (Fsp3) is 0. The number of nitrogens with zero attached hydrogens (tertiary/aromatic N) is 3. The molecule has 0 fully saturated rings. The van der Waals surface area contributed by atoms with Gasteiger partial charge in [-0.1, -0.05) is 11.6 Å². The molecule has 1 N–H and O–H groups in total. The standard InChI is InChI=1S/C19H12ClFN4O/c20-13-4-8-15(9-5-13)23-18(26)17-16(12-2-6-14(21)7-3-12)24-19-22-10-1-11-25(17)19/h1-11H,(H,23,26). The molecule has 0 unspecified atom stereocenters. The predicted octanol–water partition coefficient (Wildman–Crippen LogP) is 4.44. The molecule has 0 aliphatic carbocycles. The van der Waals surface area contributed by atoms with Crippen molar-refractivity contribution >= 4 is 29.0 Å². The number of aromatic nitrogens is 3. The van der Waals surface area contributed by atoms with E-state index >= 15 is 0 Å². The molecule has 26 heavy (non-hydrogen) atoms. The third-order valence-electron chi connectivity index (χ3n) is 3.84. The number of carbonyl (C=O) groups is 1. The molecule has 1 amide bonds. The number of fused-ring (bicyclic) bond motifs is 1. The number of amides is 1. The lowest BCUT2D eigenvalue weighted by atomic mass is 10.1. The number of imidazole rings is 1. The number of anilines is 1. The van der Waals surface area contributed by atoms with Crippen molar-refractivity contribution in [1.29, 1.82) is 0 Å². The summed E-state index contributed by atoms with van der Waals surface area (Å²) >= 11 is 5.88. The molecule has 0 saturated carbocycles. The molecule has 4 rings (SSSR count). The van der Waals surface area contributed by atoms with Gasteiger partial charge < -0.3 is 5.32 Å². The highest BCUT2D eigenvalue weighted by atomic mass is 35.5. The van der Waals surface area contributed by atoms with Crippen LogP contribution in [-0.2, 0) is 0 Å². The largest absolute Gasteiger partial charge is 0.321 e. The molecule has 0 spiro atoms. The number of hydrogen-bond acceptors (Lipinski definition) is 3. The van der Waals surface area contributed by atoms with Crippen LogP contribution in [0.3, 0.4) is 0 Å². The highest BCUT2D eigenvalue weighted by Gasteiger charge is 2.21. The van der Waals surface area contributed by atoms with E-state index < -0.39 is 0 Å². The van der Waals surface area contributed by atoms with Crippen molar-refractivity contribution in [3.05, 3.63) is 83.5 Å². The Hall–Kier alpha value is -3.25. The summed E-state index contributed by atoms with van der Waals surface area (Å²) in [5.74, 6) is -0.331. The van der Waals surface area contributed by atoms with Crippen LogP contribution in [0.25, 0.3) is 17.0 Å². The van der Waals surface area contributed by atoms with Crippen molar-refractivity contribution in [3.63, 3.8) is 0 Å². The van der Waals surface area contributed by atoms with Crippen LogP contribution in [0.4, 0.5) is 10.1 Å². The topological polar surface area (TPSA) is 59.3 Å². The molecular formula is C19H12ClFN4O. The molecule has 5 nitrogen and oxygen atoms in total. The lowest BCUT2D eigenvalue weighted by molar-refractivity contribution is 0.102. The van der Waals surface area contributed by atoms with E-state index in [1.165, 1.54) is 12.1 Å². The summed E-state index contributed by atoms with van der Waals surface area (Å²) in [6.07, 6.45) is 3.30. The summed E-state index contributed by atoms with van der Waals surface area (Å²) in [7, 11) is 0. The van der Waals surface area contributed by atoms with Gasteiger partial charge in [0.25, 0.3) is 5.91 Å². The summed E-state index contributed by atoms with van der Waals surface area (Å²) in [4.78, 5) is 21.6. The summed E-state index contributed by atoms with van der Waals surface area (Å²) in [6.45, 7) is 0. The van der Waals surface area contributed by atoms with Crippen molar-refractivity contribution in [2.24, 2.45) is 0 Å². The minimum absolute atomic E-state index is 0.314. The van der Waals surface area contributed by atoms with Gasteiger partial charge in [-0.15, -0.1) is 0 Å². The number of halogens is 2. The number of benzene rings is 2. The van der Waals surface area contributed by atoms with Gasteiger partial charge in [0.15, 0.2) is 0 Å². The second-order valence-corrected chi connectivity index (χ2v) is 6.00. The molecule has 0 aliphatic rings. The van der Waals surface area contributed by atoms with Crippen LogP contribution in [0, 0.1) is 5.82 Å². The smallest absolute Gasteiger partial charge is 0.275 e. The normalized spacial score (nSPS) is 10.8. The third-order valence-corrected chi connectivity index (χ3v) is 4.09. The average Bonchev–Trinajstić information content (AvgIpc) is 3.04. The zero-order valence-electron chi connectivity index (χ0n) is 13.4. The first kappa shape index (κ1) is 16.2. The van der Waals surface area contributed by atoms with Crippen LogP contribution in [0.15, 0.2) is 67.0 Å². The molecule has 0 bridgehead atoms. The Bertz CT molecular complexity index is 1090. The predicted molar refractivity (Wildman–Crippen MR) is 97.8 cm³/mol. The minimum Gasteiger partial charge on any atom is -0.321 e. The third kappa shape index (κ3) is 3.02. The maximum Gasteiger partial charge on any atom is 0.275 e. The molecule has 7 heteroatoms. The monoisotopic (exact) mass is 366 g/mol. The molecule has 2 aromatic heterocycles. The van der Waals surface area contributed by atoms with Gasteiger partial charge in [0, 0.05) is 28.7 Å². The zero-order valence-corrected chi connectivity index (χ0v) is 14.1. The van der Waals surface area contributed by atoms with Gasteiger partial charge in [-0.3, -0.25) is 9.20 Å². The molecular weight excluding hydrogens is 355 g/mol. The fourth-order valence-electron chi connectivity index (χ4n) is 2.64. The Morgan fingerprint density at radius 1 is 1.08 bits per heavy atom. The molecule has 0 saturated heterocycles. The molecule has 2 heterocycles. The van der Waals surface area contributed by atoms with Gasteiger partial charge >= 0.3 is 0 Å². The van der Waals surface area contributed by atoms with E-state index in [0.29, 0.717) is 33.4 Å². The number of rotatable bonds is 3. The summed E-state index contributed by atoms with van der Waals surface area (Å²) < 4.78 is 14.9. The van der Waals surface area contributed by atoms with Crippen molar-refractivity contribution in [2.45, 2.75) is 0 Å². The van der Waals surface area contributed by atoms with Crippen LogP contribution < -0.4 is 5.32 Å². The summed E-state index contributed by atoms with van der Waals surface area (Å²) in [5, 5.41) is 3.40. The van der Waals surface area contributed by atoms with Crippen LogP contribution in [0.5, 0.6) is 0 Å². The SMILES string of the molecule is O=C(Nc1ccc(Cl)cc1)c1c(-c2ccc(F)cc2)nc2ncccn12. The lowest BCUT2D eigenvalue weighted by Gasteiger charge is -2.07. The minimum atomic E-state index is -0.359. The van der Waals surface area contributed by atoms with E-state index in [2.05, 4.69) is 15.3 Å². The zero-order chi connectivity index (χ0) is 18.1. The molecule has 2 aromatic carbocycles. The van der Waals surface area contributed by atoms with Gasteiger partial charge in [-0.05, 0) is 54.6 Å². The van der Waals surface area contributed by atoms with Gasteiger partial charge in [-0.2, -0.15) is 0 Å². The van der Waals surface area contributed by atoms with Gasteiger partial charge in [0.05, 0.1) is 0 Å². The van der Waals surface area contributed by atoms with E-state index in [-0.39, 0.29) is 11.7 Å². The Labute approximate surface area is 153 Å². The maximum absolute atomic E-state index is 13.3. The first-order valence-corrected chi connectivity index (χ1v) is 8.15. The quantitative estimate of drug-likeness (QED) is 0.583. The average molecular weight is 367 g/mol. The maximum atomic E-state index is 13.3. The van der Waals surface area contributed by atoms with Crippen LogP contribution >= 0.6 is 11.6 Å². The van der Waals surface area contributed by atoms with E-state index in [4.69, 9.17) is 11.6 Å². The first-order chi connectivity index (χ1) is 12.6. The lowest BCUT2D eigenvalue weighted by Crippen LogP contribution is -2.15. The highest BCUT2D eigenvalue weighted by molar-refractivity contribution is 6.30. The van der Waals surface area contributed by atoms with E-state index in [9.17, 15) is 9.18 Å². The van der Waals surface area contributed by atoms with E-state index in [1.54, 1.807) is 59.3 Å². The molecule has 0 atom stereocenters. The number of hydrogen-bond donors (Lipinski definition) is 1. The van der Waals surface area contributed by atoms with Crippen molar-refractivity contribution < 1.29 is 9.18 Å². The second kappa shape index (κ2) is 6.57. The second-order valence-electron chi connectivity index (χ2n) is 5.57. The molecule has 128 valence electrons. The van der Waals surface area contributed by atoms with Crippen LogP contribution in [0.2, 0.25) is 5.02 Å². The Morgan fingerprint density at radius 3 is 2.54 bits per heavy atom. The van der Waals surface area contributed by atoms with Crippen molar-refractivity contribution in [2.75, 3.05) is 5.32 Å². The first-order valence-electron chi connectivity index (χ1n) is 7.78. The van der Waals surface area contributed by atoms with Gasteiger partial charge in [-0.25, -0.2) is 14.4 Å². The van der Waals surface area contributed by atoms with E-state index in [0.717, 1.165) is 0 Å².